The molecule has 8 nitrogen and oxygen atoms in total. The summed E-state index contributed by atoms with van der Waals surface area (Å²) in [5.74, 6) is -1.80. The Bertz CT molecular complexity index is 946. The van der Waals surface area contributed by atoms with Crippen LogP contribution in [0.25, 0.3) is 0 Å². The minimum absolute atomic E-state index is 0.101. The molecule has 2 rings (SSSR count). The van der Waals surface area contributed by atoms with Crippen molar-refractivity contribution in [1.82, 2.24) is 5.32 Å². The summed E-state index contributed by atoms with van der Waals surface area (Å²) >= 11 is 2.06. The van der Waals surface area contributed by atoms with Crippen LogP contribution in [0.4, 0.5) is 4.79 Å². The number of imide groups is 1. The molecule has 0 heterocycles. The van der Waals surface area contributed by atoms with Gasteiger partial charge in [0.1, 0.15) is 5.75 Å². The van der Waals surface area contributed by atoms with Crippen LogP contribution in [0.3, 0.4) is 0 Å². The Balaban J connectivity index is 2.22. The predicted octanol–water partition coefficient (Wildman–Crippen LogP) is 4.04. The number of rotatable bonds is 9. The van der Waals surface area contributed by atoms with Crippen LogP contribution >= 0.6 is 22.6 Å². The highest BCUT2D eigenvalue weighted by molar-refractivity contribution is 14.1. The number of phenols is 1. The maximum absolute atomic E-state index is 12.5. The van der Waals surface area contributed by atoms with Crippen LogP contribution in [0.1, 0.15) is 34.9 Å². The normalized spacial score (nSPS) is 12.8. The molecule has 0 spiro atoms. The third-order valence-electron chi connectivity index (χ3n) is 4.30. The number of aromatic hydroxyl groups is 1. The second-order valence-corrected chi connectivity index (χ2v) is 7.69. The van der Waals surface area contributed by atoms with E-state index in [4.69, 9.17) is 14.6 Å². The van der Waals surface area contributed by atoms with Gasteiger partial charge in [0.25, 0.3) is 5.91 Å². The number of phenolic OH excluding ortho intramolecular Hbond substituents is 1. The number of carbonyl (C=O) groups is 3. The highest BCUT2D eigenvalue weighted by atomic mass is 127. The second-order valence-electron chi connectivity index (χ2n) is 6.44. The SMILES string of the molecule is CO[C@H](CC/C=C/C(=O)O)[C@H](OC(=O)NC(=O)c1ccccc1)c1cc(I)ccc1O. The fraction of sp³-hybridized carbons (Fsp3) is 0.227. The molecule has 0 unspecified atom stereocenters. The van der Waals surface area contributed by atoms with Crippen molar-refractivity contribution in [2.75, 3.05) is 7.11 Å². The molecule has 31 heavy (non-hydrogen) atoms. The van der Waals surface area contributed by atoms with Crippen LogP contribution in [0, 0.1) is 3.57 Å². The molecule has 0 radical (unpaired) electrons. The van der Waals surface area contributed by atoms with Crippen LogP contribution in [0.15, 0.2) is 60.7 Å². The molecule has 0 aliphatic heterocycles. The van der Waals surface area contributed by atoms with E-state index < -0.39 is 30.2 Å². The van der Waals surface area contributed by atoms with Gasteiger partial charge in [-0.15, -0.1) is 0 Å². The quantitative estimate of drug-likeness (QED) is 0.325. The number of aliphatic carboxylic acids is 1. The van der Waals surface area contributed by atoms with Gasteiger partial charge in [-0.25, -0.2) is 9.59 Å². The number of hydrogen-bond donors (Lipinski definition) is 3. The highest BCUT2D eigenvalue weighted by Gasteiger charge is 2.30. The summed E-state index contributed by atoms with van der Waals surface area (Å²) in [5, 5.41) is 21.2. The Morgan fingerprint density at radius 3 is 2.52 bits per heavy atom. The molecule has 2 aromatic carbocycles. The number of hydrogen-bond acceptors (Lipinski definition) is 6. The fourth-order valence-corrected chi connectivity index (χ4v) is 3.34. The second kappa shape index (κ2) is 12.1. The molecule has 9 heteroatoms. The lowest BCUT2D eigenvalue weighted by Crippen LogP contribution is -2.35. The number of carboxylic acid groups (broad SMARTS) is 1. The van der Waals surface area contributed by atoms with E-state index in [-0.39, 0.29) is 11.3 Å². The predicted molar refractivity (Wildman–Crippen MR) is 121 cm³/mol. The molecule has 2 aromatic rings. The first kappa shape index (κ1) is 24.4. The Hall–Kier alpha value is -2.92. The summed E-state index contributed by atoms with van der Waals surface area (Å²) in [7, 11) is 1.42. The van der Waals surface area contributed by atoms with Gasteiger partial charge in [-0.2, -0.15) is 0 Å². The molecule has 0 aliphatic carbocycles. The topological polar surface area (TPSA) is 122 Å². The highest BCUT2D eigenvalue weighted by Crippen LogP contribution is 2.33. The zero-order valence-corrected chi connectivity index (χ0v) is 18.8. The van der Waals surface area contributed by atoms with Crippen molar-refractivity contribution in [1.29, 1.82) is 0 Å². The third kappa shape index (κ3) is 7.68. The average molecular weight is 539 g/mol. The lowest BCUT2D eigenvalue weighted by atomic mass is 9.99. The number of methoxy groups -OCH3 is 1. The minimum Gasteiger partial charge on any atom is -0.508 e. The van der Waals surface area contributed by atoms with Crippen LogP contribution in [-0.2, 0) is 14.3 Å². The molecule has 2 amide bonds. The van der Waals surface area contributed by atoms with Crippen molar-refractivity contribution in [3.63, 3.8) is 0 Å². The Kier molecular flexibility index (Phi) is 9.47. The van der Waals surface area contributed by atoms with Crippen LogP contribution < -0.4 is 5.32 Å². The maximum Gasteiger partial charge on any atom is 0.414 e. The first-order valence-corrected chi connectivity index (χ1v) is 10.4. The lowest BCUT2D eigenvalue weighted by Gasteiger charge is -2.27. The van der Waals surface area contributed by atoms with E-state index in [0.29, 0.717) is 18.4 Å². The van der Waals surface area contributed by atoms with Gasteiger partial charge in [-0.1, -0.05) is 24.3 Å². The molecular weight excluding hydrogens is 517 g/mol. The van der Waals surface area contributed by atoms with Crippen molar-refractivity contribution in [3.05, 3.63) is 75.4 Å². The van der Waals surface area contributed by atoms with E-state index in [9.17, 15) is 19.5 Å². The Labute approximate surface area is 193 Å². The van der Waals surface area contributed by atoms with Crippen LogP contribution in [0.2, 0.25) is 0 Å². The van der Waals surface area contributed by atoms with Gasteiger partial charge in [-0.05, 0) is 65.8 Å². The summed E-state index contributed by atoms with van der Waals surface area (Å²) in [6, 6.07) is 13.0. The minimum atomic E-state index is -1.07. The van der Waals surface area contributed by atoms with E-state index >= 15 is 0 Å². The zero-order valence-electron chi connectivity index (χ0n) is 16.7. The smallest absolute Gasteiger partial charge is 0.414 e. The number of ether oxygens (including phenoxy) is 2. The van der Waals surface area contributed by atoms with Crippen molar-refractivity contribution in [3.8, 4) is 5.75 Å². The van der Waals surface area contributed by atoms with E-state index in [2.05, 4.69) is 27.9 Å². The molecule has 2 atom stereocenters. The van der Waals surface area contributed by atoms with Gasteiger partial charge in [0.2, 0.25) is 0 Å². The average Bonchev–Trinajstić information content (AvgIpc) is 2.74. The zero-order chi connectivity index (χ0) is 22.8. The Morgan fingerprint density at radius 2 is 1.87 bits per heavy atom. The lowest BCUT2D eigenvalue weighted by molar-refractivity contribution is -0.131. The molecular formula is C22H22INO7. The first-order valence-electron chi connectivity index (χ1n) is 9.29. The van der Waals surface area contributed by atoms with Crippen molar-refractivity contribution < 1.29 is 34.1 Å². The van der Waals surface area contributed by atoms with E-state index in [1.54, 1.807) is 42.5 Å². The molecule has 0 aromatic heterocycles. The summed E-state index contributed by atoms with van der Waals surface area (Å²) in [5.41, 5.74) is 0.596. The van der Waals surface area contributed by atoms with E-state index in [1.807, 2.05) is 0 Å². The molecule has 3 N–H and O–H groups in total. The fourth-order valence-electron chi connectivity index (χ4n) is 2.83. The van der Waals surface area contributed by atoms with Gasteiger partial charge < -0.3 is 19.7 Å². The Morgan fingerprint density at radius 1 is 1.16 bits per heavy atom. The summed E-state index contributed by atoms with van der Waals surface area (Å²) in [6.45, 7) is 0. The number of carbonyl (C=O) groups excluding carboxylic acids is 2. The van der Waals surface area contributed by atoms with Crippen LogP contribution in [-0.4, -0.2) is 41.4 Å². The van der Waals surface area contributed by atoms with Gasteiger partial charge in [-0.3, -0.25) is 10.1 Å². The number of amides is 2. The number of allylic oxidation sites excluding steroid dienone is 1. The number of nitrogens with one attached hydrogen (secondary N) is 1. The number of halogens is 1. The molecule has 0 bridgehead atoms. The first-order chi connectivity index (χ1) is 14.8. The largest absolute Gasteiger partial charge is 0.508 e. The van der Waals surface area contributed by atoms with Gasteiger partial charge >= 0.3 is 12.1 Å². The van der Waals surface area contributed by atoms with Crippen LogP contribution in [0.5, 0.6) is 5.75 Å². The van der Waals surface area contributed by atoms with E-state index in [1.165, 1.54) is 19.3 Å². The monoisotopic (exact) mass is 539 g/mol. The summed E-state index contributed by atoms with van der Waals surface area (Å²) in [4.78, 5) is 35.4. The molecule has 0 aliphatic rings. The summed E-state index contributed by atoms with van der Waals surface area (Å²) < 4.78 is 11.8. The molecule has 0 saturated heterocycles. The van der Waals surface area contributed by atoms with Crippen molar-refractivity contribution >= 4 is 40.6 Å². The molecule has 0 saturated carbocycles. The van der Waals surface area contributed by atoms with Crippen molar-refractivity contribution in [2.24, 2.45) is 0 Å². The third-order valence-corrected chi connectivity index (χ3v) is 4.97. The van der Waals surface area contributed by atoms with E-state index in [0.717, 1.165) is 9.65 Å². The molecule has 0 fully saturated rings. The summed E-state index contributed by atoms with van der Waals surface area (Å²) in [6.07, 6.45) is 0.354. The standard InChI is InChI=1S/C22H22INO7/c1-30-18(9-5-6-10-19(26)27)20(16-13-15(23)11-12-17(16)25)31-22(29)24-21(28)14-7-3-2-4-8-14/h2-4,6-8,10-13,18,20,25H,5,9H2,1H3,(H,26,27)(H,24,28,29)/b10-6+/t18-,20-/m1/s1. The van der Waals surface area contributed by atoms with Gasteiger partial charge in [0.05, 0.1) is 6.10 Å². The number of benzene rings is 2. The van der Waals surface area contributed by atoms with Crippen molar-refractivity contribution in [2.45, 2.75) is 25.0 Å². The number of carboxylic acids is 1. The maximum atomic E-state index is 12.5. The molecule has 164 valence electrons. The number of alkyl carbamates (subject to hydrolysis) is 1. The van der Waals surface area contributed by atoms with Gasteiger partial charge in [0, 0.05) is 27.9 Å². The van der Waals surface area contributed by atoms with Gasteiger partial charge in [0.15, 0.2) is 6.10 Å².